The normalized spacial score (nSPS) is 20.9. The first-order chi connectivity index (χ1) is 12.5. The fourth-order valence-electron chi connectivity index (χ4n) is 2.86. The summed E-state index contributed by atoms with van der Waals surface area (Å²) >= 11 is 0. The van der Waals surface area contributed by atoms with Gasteiger partial charge in [0.05, 0.1) is 0 Å². The Bertz CT molecular complexity index is 866. The molecule has 0 N–H and O–H groups in total. The van der Waals surface area contributed by atoms with Crippen LogP contribution in [0.3, 0.4) is 0 Å². The average Bonchev–Trinajstić information content (AvgIpc) is 2.65. The summed E-state index contributed by atoms with van der Waals surface area (Å²) in [7, 11) is 0. The van der Waals surface area contributed by atoms with Gasteiger partial charge in [-0.15, -0.1) is 0 Å². The van der Waals surface area contributed by atoms with Crippen molar-refractivity contribution in [2.45, 2.75) is 34.1 Å². The van der Waals surface area contributed by atoms with E-state index in [2.05, 4.69) is 59.1 Å². The van der Waals surface area contributed by atoms with E-state index in [1.807, 2.05) is 26.0 Å². The van der Waals surface area contributed by atoms with E-state index in [-0.39, 0.29) is 11.4 Å². The Kier molecular flexibility index (Phi) is 6.47. The molecule has 0 atom stereocenters. The Morgan fingerprint density at radius 2 is 1.58 bits per heavy atom. The predicted octanol–water partition coefficient (Wildman–Crippen LogP) is 4.50. The molecule has 2 rings (SSSR count). The van der Waals surface area contributed by atoms with Gasteiger partial charge in [0, 0.05) is 36.6 Å². The maximum absolute atomic E-state index is 9.26. The summed E-state index contributed by atoms with van der Waals surface area (Å²) in [6, 6.07) is 12.3. The molecule has 1 aromatic carbocycles. The van der Waals surface area contributed by atoms with Crippen molar-refractivity contribution in [3.05, 3.63) is 46.8 Å². The van der Waals surface area contributed by atoms with Crippen molar-refractivity contribution >= 4 is 23.2 Å². The second-order valence-corrected chi connectivity index (χ2v) is 6.08. The van der Waals surface area contributed by atoms with Crippen LogP contribution in [0.4, 0.5) is 5.69 Å². The predicted molar refractivity (Wildman–Crippen MR) is 107 cm³/mol. The van der Waals surface area contributed by atoms with Gasteiger partial charge in [0.25, 0.3) is 0 Å². The molecule has 1 aromatic rings. The number of benzene rings is 1. The van der Waals surface area contributed by atoms with Gasteiger partial charge >= 0.3 is 0 Å². The molecule has 0 fully saturated rings. The lowest BCUT2D eigenvalue weighted by molar-refractivity contribution is 0.866. The Labute approximate surface area is 155 Å². The largest absolute Gasteiger partial charge is 0.372 e. The molecule has 0 bridgehead atoms. The second kappa shape index (κ2) is 8.78. The minimum absolute atomic E-state index is 0.0619. The Balaban J connectivity index is 2.41. The fourth-order valence-corrected chi connectivity index (χ4v) is 2.86. The highest BCUT2D eigenvalue weighted by Crippen LogP contribution is 2.21. The number of hydrogen-bond acceptors (Lipinski definition) is 5. The molecule has 1 heterocycles. The van der Waals surface area contributed by atoms with E-state index in [1.54, 1.807) is 0 Å². The van der Waals surface area contributed by atoms with Crippen molar-refractivity contribution in [1.29, 1.82) is 10.5 Å². The molecular weight excluding hydrogens is 322 g/mol. The molecule has 0 aromatic heterocycles. The van der Waals surface area contributed by atoms with Crippen LogP contribution in [0.15, 0.2) is 51.2 Å². The summed E-state index contributed by atoms with van der Waals surface area (Å²) in [6.07, 6.45) is 2.66. The van der Waals surface area contributed by atoms with Gasteiger partial charge < -0.3 is 4.90 Å². The first-order valence-corrected chi connectivity index (χ1v) is 8.72. The molecule has 1 aliphatic rings. The average molecular weight is 345 g/mol. The lowest BCUT2D eigenvalue weighted by Crippen LogP contribution is -2.21. The number of aliphatic imine (C=N–C) groups is 2. The van der Waals surface area contributed by atoms with Crippen LogP contribution in [0.5, 0.6) is 0 Å². The summed E-state index contributed by atoms with van der Waals surface area (Å²) in [5.41, 5.74) is 4.92. The van der Waals surface area contributed by atoms with Crippen LogP contribution >= 0.6 is 0 Å². The number of nitriles is 2. The zero-order valence-electron chi connectivity index (χ0n) is 15.7. The van der Waals surface area contributed by atoms with Crippen LogP contribution in [0, 0.1) is 22.7 Å². The highest BCUT2D eigenvalue weighted by molar-refractivity contribution is 6.07. The molecule has 26 heavy (non-hydrogen) atoms. The van der Waals surface area contributed by atoms with Gasteiger partial charge in [-0.25, -0.2) is 9.98 Å². The minimum Gasteiger partial charge on any atom is -0.372 e. The topological polar surface area (TPSA) is 75.5 Å². The summed E-state index contributed by atoms with van der Waals surface area (Å²) in [4.78, 5) is 10.9. The second-order valence-electron chi connectivity index (χ2n) is 6.08. The molecule has 0 amide bonds. The third-order valence-corrected chi connectivity index (χ3v) is 4.29. The minimum atomic E-state index is 0.0619. The van der Waals surface area contributed by atoms with E-state index in [0.29, 0.717) is 6.42 Å². The van der Waals surface area contributed by atoms with Gasteiger partial charge in [-0.1, -0.05) is 12.1 Å². The van der Waals surface area contributed by atoms with Gasteiger partial charge in [0.2, 0.25) is 0 Å². The maximum atomic E-state index is 9.26. The molecule has 1 aliphatic heterocycles. The number of anilines is 1. The zero-order valence-corrected chi connectivity index (χ0v) is 15.7. The van der Waals surface area contributed by atoms with Crippen molar-refractivity contribution in [2.24, 2.45) is 9.98 Å². The highest BCUT2D eigenvalue weighted by Gasteiger charge is 2.13. The van der Waals surface area contributed by atoms with Gasteiger partial charge in [0.1, 0.15) is 12.1 Å². The monoisotopic (exact) mass is 345 g/mol. The lowest BCUT2D eigenvalue weighted by atomic mass is 10.0. The summed E-state index contributed by atoms with van der Waals surface area (Å²) < 4.78 is 0. The number of allylic oxidation sites excluding steroid dienone is 3. The first kappa shape index (κ1) is 19.1. The highest BCUT2D eigenvalue weighted by atomic mass is 15.1. The van der Waals surface area contributed by atoms with Crippen molar-refractivity contribution in [2.75, 3.05) is 18.0 Å². The summed E-state index contributed by atoms with van der Waals surface area (Å²) in [5, 5.41) is 18.4. The fraction of sp³-hybridized carbons (Fsp3) is 0.333. The first-order valence-electron chi connectivity index (χ1n) is 8.72. The number of rotatable bonds is 4. The molecule has 5 heteroatoms. The Morgan fingerprint density at radius 3 is 2.12 bits per heavy atom. The standard InChI is InChI=1S/C21H23N5/c1-5-26(6-2)19-9-7-17(8-10-19)12-18-11-15(3)24-20(13-22)21(14-23)25-16(18)4/h7-10,12H,5-6,11H2,1-4H3/b18-12-,21-20-,24-15?,25-16-. The molecular formula is C21H23N5. The SMILES string of the molecule is CCN(CC)c1ccc(\C=C2CC(C)=N\C(C#N)=C(C#N)/N=C\2C)cc1. The van der Waals surface area contributed by atoms with Crippen LogP contribution in [0.1, 0.15) is 39.7 Å². The Morgan fingerprint density at radius 1 is 1.00 bits per heavy atom. The van der Waals surface area contributed by atoms with E-state index < -0.39 is 0 Å². The van der Waals surface area contributed by atoms with Crippen LogP contribution < -0.4 is 4.90 Å². The van der Waals surface area contributed by atoms with Crippen LogP contribution in [0.2, 0.25) is 0 Å². The van der Waals surface area contributed by atoms with E-state index in [9.17, 15) is 10.5 Å². The third-order valence-electron chi connectivity index (χ3n) is 4.29. The van der Waals surface area contributed by atoms with Crippen LogP contribution in [-0.2, 0) is 0 Å². The van der Waals surface area contributed by atoms with Gasteiger partial charge in [-0.2, -0.15) is 10.5 Å². The van der Waals surface area contributed by atoms with Gasteiger partial charge in [-0.3, -0.25) is 0 Å². The molecule has 0 saturated heterocycles. The summed E-state index contributed by atoms with van der Waals surface area (Å²) in [6.45, 7) is 9.96. The molecule has 0 spiro atoms. The van der Waals surface area contributed by atoms with E-state index in [4.69, 9.17) is 0 Å². The van der Waals surface area contributed by atoms with Crippen molar-refractivity contribution < 1.29 is 0 Å². The number of hydrogen-bond donors (Lipinski definition) is 0. The van der Waals surface area contributed by atoms with E-state index >= 15 is 0 Å². The van der Waals surface area contributed by atoms with Crippen molar-refractivity contribution in [3.8, 4) is 12.1 Å². The quantitative estimate of drug-likeness (QED) is 0.806. The molecule has 132 valence electrons. The maximum Gasteiger partial charge on any atom is 0.177 e. The lowest BCUT2D eigenvalue weighted by Gasteiger charge is -2.21. The molecule has 0 aliphatic carbocycles. The van der Waals surface area contributed by atoms with Gasteiger partial charge in [0.15, 0.2) is 11.4 Å². The molecule has 5 nitrogen and oxygen atoms in total. The zero-order chi connectivity index (χ0) is 19.1. The van der Waals surface area contributed by atoms with Crippen molar-refractivity contribution in [3.63, 3.8) is 0 Å². The van der Waals surface area contributed by atoms with Crippen LogP contribution in [-0.4, -0.2) is 24.5 Å². The molecule has 0 radical (unpaired) electrons. The van der Waals surface area contributed by atoms with Crippen molar-refractivity contribution in [1.82, 2.24) is 0 Å². The molecule has 0 saturated carbocycles. The van der Waals surface area contributed by atoms with Gasteiger partial charge in [-0.05, 0) is 57.0 Å². The molecule has 0 unspecified atom stereocenters. The smallest absolute Gasteiger partial charge is 0.177 e. The van der Waals surface area contributed by atoms with E-state index in [1.165, 1.54) is 5.69 Å². The van der Waals surface area contributed by atoms with Crippen LogP contribution in [0.25, 0.3) is 6.08 Å². The van der Waals surface area contributed by atoms with E-state index in [0.717, 1.165) is 35.6 Å². The Hall–Kier alpha value is -3.18. The summed E-state index contributed by atoms with van der Waals surface area (Å²) in [5.74, 6) is 0. The number of nitrogens with zero attached hydrogens (tertiary/aromatic N) is 5. The third kappa shape index (κ3) is 4.46.